The Bertz CT molecular complexity index is 396. The van der Waals surface area contributed by atoms with Crippen LogP contribution in [0.2, 0.25) is 0 Å². The summed E-state index contributed by atoms with van der Waals surface area (Å²) in [5, 5.41) is 10.5. The van der Waals surface area contributed by atoms with E-state index in [2.05, 4.69) is 11.8 Å². The van der Waals surface area contributed by atoms with Crippen LogP contribution in [0.25, 0.3) is 0 Å². The molecule has 5 fully saturated rings. The molecule has 0 radical (unpaired) electrons. The largest absolute Gasteiger partial charge is 0.389 e. The van der Waals surface area contributed by atoms with Crippen molar-refractivity contribution in [3.05, 3.63) is 0 Å². The molecule has 144 valence electrons. The molecular formula is C22H39NO2. The van der Waals surface area contributed by atoms with Crippen LogP contribution in [0.15, 0.2) is 0 Å². The molecule has 5 aliphatic rings. The van der Waals surface area contributed by atoms with E-state index in [9.17, 15) is 5.11 Å². The van der Waals surface area contributed by atoms with Crippen molar-refractivity contribution in [1.29, 1.82) is 0 Å². The van der Waals surface area contributed by atoms with Crippen molar-refractivity contribution in [2.75, 3.05) is 26.3 Å². The zero-order valence-corrected chi connectivity index (χ0v) is 16.3. The summed E-state index contributed by atoms with van der Waals surface area (Å²) in [6.45, 7) is 5.52. The minimum absolute atomic E-state index is 0.323. The van der Waals surface area contributed by atoms with Gasteiger partial charge in [-0.05, 0) is 81.1 Å². The molecule has 1 atom stereocenters. The van der Waals surface area contributed by atoms with Crippen molar-refractivity contribution in [1.82, 2.24) is 4.90 Å². The van der Waals surface area contributed by atoms with Gasteiger partial charge >= 0.3 is 0 Å². The fraction of sp³-hybridized carbons (Fsp3) is 1.00. The zero-order valence-electron chi connectivity index (χ0n) is 16.3. The van der Waals surface area contributed by atoms with Crippen LogP contribution in [-0.2, 0) is 4.74 Å². The van der Waals surface area contributed by atoms with Gasteiger partial charge < -0.3 is 9.84 Å². The average molecular weight is 350 g/mol. The number of hydrogen-bond acceptors (Lipinski definition) is 3. The monoisotopic (exact) mass is 349 g/mol. The molecule has 5 rings (SSSR count). The number of likely N-dealkylation sites (N-methyl/N-ethyl adjacent to an activating group) is 1. The van der Waals surface area contributed by atoms with Gasteiger partial charge in [-0.15, -0.1) is 0 Å². The summed E-state index contributed by atoms with van der Waals surface area (Å²) >= 11 is 0. The van der Waals surface area contributed by atoms with E-state index in [1.165, 1.54) is 70.6 Å². The van der Waals surface area contributed by atoms with Gasteiger partial charge in [0.05, 0.1) is 19.3 Å². The smallest absolute Gasteiger partial charge is 0.0900 e. The van der Waals surface area contributed by atoms with Crippen LogP contribution in [0.3, 0.4) is 0 Å². The molecule has 5 aliphatic carbocycles. The van der Waals surface area contributed by atoms with E-state index in [1.54, 1.807) is 0 Å². The Morgan fingerprint density at radius 3 is 2.16 bits per heavy atom. The normalized spacial score (nSPS) is 39.2. The summed E-state index contributed by atoms with van der Waals surface area (Å²) in [7, 11) is 0. The van der Waals surface area contributed by atoms with E-state index in [-0.39, 0.29) is 6.10 Å². The van der Waals surface area contributed by atoms with Gasteiger partial charge in [0.15, 0.2) is 0 Å². The van der Waals surface area contributed by atoms with Gasteiger partial charge in [-0.1, -0.05) is 26.2 Å². The number of aliphatic hydroxyl groups is 1. The molecule has 0 aromatic heterocycles. The quantitative estimate of drug-likeness (QED) is 0.711. The first kappa shape index (κ1) is 18.3. The maximum atomic E-state index is 10.5. The summed E-state index contributed by atoms with van der Waals surface area (Å²) < 4.78 is 6.14. The Hall–Kier alpha value is -0.120. The number of ether oxygens (including phenoxy) is 1. The second-order valence-corrected chi connectivity index (χ2v) is 9.97. The molecule has 0 aromatic carbocycles. The van der Waals surface area contributed by atoms with Gasteiger partial charge in [0.2, 0.25) is 0 Å². The minimum Gasteiger partial charge on any atom is -0.389 e. The molecule has 25 heavy (non-hydrogen) atoms. The fourth-order valence-electron chi connectivity index (χ4n) is 7.18. The average Bonchev–Trinajstić information content (AvgIpc) is 2.59. The SMILES string of the molecule is CCN(C[C@H](O)COCC12CC3CC(CC(C3)C1)C2)C1CCCCC1. The van der Waals surface area contributed by atoms with Crippen LogP contribution in [0, 0.1) is 23.2 Å². The lowest BCUT2D eigenvalue weighted by atomic mass is 9.50. The zero-order chi connectivity index (χ0) is 17.3. The lowest BCUT2D eigenvalue weighted by molar-refractivity contribution is -0.107. The van der Waals surface area contributed by atoms with E-state index >= 15 is 0 Å². The summed E-state index contributed by atoms with van der Waals surface area (Å²) in [6.07, 6.45) is 15.1. The molecule has 4 bridgehead atoms. The molecular weight excluding hydrogens is 310 g/mol. The first-order valence-electron chi connectivity index (χ1n) is 11.2. The summed E-state index contributed by atoms with van der Waals surface area (Å²) in [6, 6.07) is 0.691. The molecule has 0 amide bonds. The van der Waals surface area contributed by atoms with E-state index in [0.29, 0.717) is 18.1 Å². The molecule has 5 saturated carbocycles. The Balaban J connectivity index is 1.21. The minimum atomic E-state index is -0.323. The maximum Gasteiger partial charge on any atom is 0.0900 e. The fourth-order valence-corrected chi connectivity index (χ4v) is 7.18. The standard InChI is InChI=1S/C22H39NO2/c1-2-23(20-6-4-3-5-7-20)14-21(24)15-25-16-22-11-17-8-18(12-22)10-19(9-17)13-22/h17-21,24H,2-16H2,1H3/t17?,18?,19?,21-,22?/m0/s1. The van der Waals surface area contributed by atoms with Crippen molar-refractivity contribution in [2.24, 2.45) is 23.2 Å². The van der Waals surface area contributed by atoms with Crippen molar-refractivity contribution >= 4 is 0 Å². The van der Waals surface area contributed by atoms with Crippen molar-refractivity contribution in [3.8, 4) is 0 Å². The van der Waals surface area contributed by atoms with E-state index in [4.69, 9.17) is 4.74 Å². The number of hydrogen-bond donors (Lipinski definition) is 1. The van der Waals surface area contributed by atoms with Gasteiger partial charge in [0.25, 0.3) is 0 Å². The predicted octanol–water partition coefficient (Wildman–Crippen LogP) is 4.23. The Morgan fingerprint density at radius 2 is 1.60 bits per heavy atom. The highest BCUT2D eigenvalue weighted by molar-refractivity contribution is 5.01. The van der Waals surface area contributed by atoms with E-state index in [1.807, 2.05) is 0 Å². The highest BCUT2D eigenvalue weighted by Crippen LogP contribution is 2.60. The molecule has 0 aromatic rings. The first-order chi connectivity index (χ1) is 12.2. The van der Waals surface area contributed by atoms with Crippen LogP contribution in [0.4, 0.5) is 0 Å². The second kappa shape index (κ2) is 7.86. The Morgan fingerprint density at radius 1 is 1.00 bits per heavy atom. The Labute approximate surface area is 154 Å². The van der Waals surface area contributed by atoms with Gasteiger partial charge in [-0.2, -0.15) is 0 Å². The van der Waals surface area contributed by atoms with Crippen LogP contribution in [0.1, 0.15) is 77.6 Å². The lowest BCUT2D eigenvalue weighted by Crippen LogP contribution is -2.48. The van der Waals surface area contributed by atoms with Gasteiger partial charge in [0.1, 0.15) is 0 Å². The number of aliphatic hydroxyl groups excluding tert-OH is 1. The van der Waals surface area contributed by atoms with Crippen molar-refractivity contribution in [3.63, 3.8) is 0 Å². The van der Waals surface area contributed by atoms with E-state index < -0.39 is 0 Å². The summed E-state index contributed by atoms with van der Waals surface area (Å²) in [4.78, 5) is 2.50. The van der Waals surface area contributed by atoms with Crippen LogP contribution in [-0.4, -0.2) is 48.5 Å². The molecule has 0 saturated heterocycles. The molecule has 0 heterocycles. The van der Waals surface area contributed by atoms with Crippen LogP contribution in [0.5, 0.6) is 0 Å². The van der Waals surface area contributed by atoms with Crippen molar-refractivity contribution < 1.29 is 9.84 Å². The van der Waals surface area contributed by atoms with Crippen molar-refractivity contribution in [2.45, 2.75) is 89.7 Å². The molecule has 3 heteroatoms. The van der Waals surface area contributed by atoms with Gasteiger partial charge in [-0.3, -0.25) is 4.90 Å². The Kier molecular flexibility index (Phi) is 5.74. The highest BCUT2D eigenvalue weighted by Gasteiger charge is 2.50. The maximum absolute atomic E-state index is 10.5. The lowest BCUT2D eigenvalue weighted by Gasteiger charge is -2.56. The molecule has 0 unspecified atom stereocenters. The molecule has 3 nitrogen and oxygen atoms in total. The molecule has 0 aliphatic heterocycles. The third-order valence-electron chi connectivity index (χ3n) is 7.83. The summed E-state index contributed by atoms with van der Waals surface area (Å²) in [5.74, 6) is 2.96. The first-order valence-corrected chi connectivity index (χ1v) is 11.2. The molecule has 1 N–H and O–H groups in total. The van der Waals surface area contributed by atoms with Gasteiger partial charge in [0, 0.05) is 12.6 Å². The molecule has 0 spiro atoms. The number of nitrogens with zero attached hydrogens (tertiary/aromatic N) is 1. The van der Waals surface area contributed by atoms with Crippen LogP contribution >= 0.6 is 0 Å². The van der Waals surface area contributed by atoms with Gasteiger partial charge in [-0.25, -0.2) is 0 Å². The second-order valence-electron chi connectivity index (χ2n) is 9.97. The third-order valence-corrected chi connectivity index (χ3v) is 7.83. The van der Waals surface area contributed by atoms with E-state index in [0.717, 1.165) is 37.5 Å². The number of rotatable bonds is 8. The highest BCUT2D eigenvalue weighted by atomic mass is 16.5. The van der Waals surface area contributed by atoms with Crippen LogP contribution < -0.4 is 0 Å². The summed E-state index contributed by atoms with van der Waals surface area (Å²) in [5.41, 5.74) is 0.474. The topological polar surface area (TPSA) is 32.7 Å². The predicted molar refractivity (Wildman–Crippen MR) is 102 cm³/mol. The third kappa shape index (κ3) is 4.25.